The fourth-order valence-corrected chi connectivity index (χ4v) is 3.04. The predicted molar refractivity (Wildman–Crippen MR) is 89.0 cm³/mol. The monoisotopic (exact) mass is 342 g/mol. The van der Waals surface area contributed by atoms with Crippen LogP contribution in [0.2, 0.25) is 0 Å². The summed E-state index contributed by atoms with van der Waals surface area (Å²) in [5, 5.41) is 0. The van der Waals surface area contributed by atoms with Gasteiger partial charge >= 0.3 is 0 Å². The summed E-state index contributed by atoms with van der Waals surface area (Å²) in [5.41, 5.74) is 1.39. The summed E-state index contributed by atoms with van der Waals surface area (Å²) in [6.45, 7) is 0.727. The largest absolute Gasteiger partial charge is 0.465 e. The van der Waals surface area contributed by atoms with E-state index >= 15 is 0 Å². The maximum atomic E-state index is 13.0. The minimum atomic E-state index is -0.501. The van der Waals surface area contributed by atoms with Gasteiger partial charge in [-0.1, -0.05) is 12.1 Å². The Balaban J connectivity index is 1.37. The van der Waals surface area contributed by atoms with E-state index in [-0.39, 0.29) is 24.0 Å². The fraction of sp³-hybridized carbons (Fsp3) is 0.350. The van der Waals surface area contributed by atoms with E-state index in [0.717, 1.165) is 31.4 Å². The van der Waals surface area contributed by atoms with Crippen LogP contribution in [0.25, 0.3) is 0 Å². The SMILES string of the molecule is O=C(c1ccc(OC2CCCCO2)cc1)C1OC1c1ccc(F)cc1. The van der Waals surface area contributed by atoms with Gasteiger partial charge in [0.05, 0.1) is 6.61 Å². The van der Waals surface area contributed by atoms with Crippen LogP contribution < -0.4 is 4.74 Å². The molecule has 0 radical (unpaired) electrons. The molecule has 0 saturated carbocycles. The molecule has 2 saturated heterocycles. The fourth-order valence-electron chi connectivity index (χ4n) is 3.04. The lowest BCUT2D eigenvalue weighted by atomic mass is 10.0. The third-order valence-corrected chi connectivity index (χ3v) is 4.49. The van der Waals surface area contributed by atoms with Crippen LogP contribution in [0.3, 0.4) is 0 Å². The molecule has 2 fully saturated rings. The summed E-state index contributed by atoms with van der Waals surface area (Å²) >= 11 is 0. The number of carbonyl (C=O) groups is 1. The quantitative estimate of drug-likeness (QED) is 0.607. The molecule has 2 aliphatic rings. The van der Waals surface area contributed by atoms with Crippen LogP contribution in [-0.2, 0) is 9.47 Å². The molecule has 2 aromatic rings. The molecule has 2 aromatic carbocycles. The first kappa shape index (κ1) is 16.2. The summed E-state index contributed by atoms with van der Waals surface area (Å²) in [4.78, 5) is 12.5. The highest BCUT2D eigenvalue weighted by Crippen LogP contribution is 2.40. The Hall–Kier alpha value is -2.24. The first-order valence-electron chi connectivity index (χ1n) is 8.54. The van der Waals surface area contributed by atoms with E-state index in [1.165, 1.54) is 12.1 Å². The number of rotatable bonds is 5. The third kappa shape index (κ3) is 3.72. The molecule has 130 valence electrons. The Kier molecular flexibility index (Phi) is 4.51. The normalized spacial score (nSPS) is 25.4. The number of hydrogen-bond donors (Lipinski definition) is 0. The molecule has 25 heavy (non-hydrogen) atoms. The average Bonchev–Trinajstić information content (AvgIpc) is 3.44. The van der Waals surface area contributed by atoms with Crippen LogP contribution in [0.15, 0.2) is 48.5 Å². The van der Waals surface area contributed by atoms with Crippen molar-refractivity contribution in [3.05, 3.63) is 65.5 Å². The molecule has 0 bridgehead atoms. The minimum absolute atomic E-state index is 0.0743. The second-order valence-corrected chi connectivity index (χ2v) is 6.33. The Bertz CT molecular complexity index is 735. The standard InChI is InChI=1S/C20H19FO4/c21-15-8-4-14(5-9-15)19-20(25-19)18(22)13-6-10-16(11-7-13)24-17-3-1-2-12-23-17/h4-11,17,19-20H,1-3,12H2. The Morgan fingerprint density at radius 2 is 1.80 bits per heavy atom. The summed E-state index contributed by atoms with van der Waals surface area (Å²) < 4.78 is 29.8. The molecular weight excluding hydrogens is 323 g/mol. The van der Waals surface area contributed by atoms with Gasteiger partial charge in [0.2, 0.25) is 0 Å². The van der Waals surface area contributed by atoms with Gasteiger partial charge in [0.1, 0.15) is 17.7 Å². The topological polar surface area (TPSA) is 48.1 Å². The number of hydrogen-bond acceptors (Lipinski definition) is 4. The second-order valence-electron chi connectivity index (χ2n) is 6.33. The van der Waals surface area contributed by atoms with Gasteiger partial charge in [0, 0.05) is 12.0 Å². The minimum Gasteiger partial charge on any atom is -0.465 e. The number of benzene rings is 2. The Morgan fingerprint density at radius 1 is 1.04 bits per heavy atom. The first-order valence-corrected chi connectivity index (χ1v) is 8.54. The molecule has 3 unspecified atom stereocenters. The number of carbonyl (C=O) groups excluding carboxylic acids is 1. The highest BCUT2D eigenvalue weighted by molar-refractivity contribution is 6.01. The highest BCUT2D eigenvalue weighted by Gasteiger charge is 2.46. The van der Waals surface area contributed by atoms with Crippen molar-refractivity contribution in [3.8, 4) is 5.75 Å². The lowest BCUT2D eigenvalue weighted by molar-refractivity contribution is -0.105. The molecule has 0 aromatic heterocycles. The summed E-state index contributed by atoms with van der Waals surface area (Å²) in [7, 11) is 0. The van der Waals surface area contributed by atoms with Crippen molar-refractivity contribution in [2.24, 2.45) is 0 Å². The zero-order valence-corrected chi connectivity index (χ0v) is 13.7. The van der Waals surface area contributed by atoms with Crippen LogP contribution in [-0.4, -0.2) is 24.8 Å². The van der Waals surface area contributed by atoms with E-state index in [9.17, 15) is 9.18 Å². The van der Waals surface area contributed by atoms with Gasteiger partial charge in [0.15, 0.2) is 18.2 Å². The Labute approximate surface area is 145 Å². The van der Waals surface area contributed by atoms with Crippen LogP contribution in [0.4, 0.5) is 4.39 Å². The van der Waals surface area contributed by atoms with E-state index in [1.54, 1.807) is 36.4 Å². The van der Waals surface area contributed by atoms with Crippen molar-refractivity contribution in [1.82, 2.24) is 0 Å². The summed E-state index contributed by atoms with van der Waals surface area (Å²) in [6, 6.07) is 13.1. The highest BCUT2D eigenvalue weighted by atomic mass is 19.1. The molecule has 2 heterocycles. The zero-order chi connectivity index (χ0) is 17.2. The van der Waals surface area contributed by atoms with Crippen molar-refractivity contribution < 1.29 is 23.4 Å². The van der Waals surface area contributed by atoms with Crippen molar-refractivity contribution in [2.45, 2.75) is 37.8 Å². The van der Waals surface area contributed by atoms with Gasteiger partial charge in [-0.05, 0) is 54.8 Å². The average molecular weight is 342 g/mol. The van der Waals surface area contributed by atoms with Crippen molar-refractivity contribution >= 4 is 5.78 Å². The molecule has 2 aliphatic heterocycles. The van der Waals surface area contributed by atoms with E-state index in [2.05, 4.69) is 0 Å². The molecule has 3 atom stereocenters. The zero-order valence-electron chi connectivity index (χ0n) is 13.7. The van der Waals surface area contributed by atoms with Crippen molar-refractivity contribution in [3.63, 3.8) is 0 Å². The van der Waals surface area contributed by atoms with Gasteiger partial charge in [-0.15, -0.1) is 0 Å². The van der Waals surface area contributed by atoms with E-state index in [0.29, 0.717) is 11.3 Å². The molecule has 5 heteroatoms. The van der Waals surface area contributed by atoms with Crippen LogP contribution in [0.1, 0.15) is 41.3 Å². The number of halogens is 1. The number of ketones is 1. The predicted octanol–water partition coefficient (Wildman–Crippen LogP) is 4.05. The van der Waals surface area contributed by atoms with Crippen LogP contribution >= 0.6 is 0 Å². The molecule has 0 spiro atoms. The van der Waals surface area contributed by atoms with Crippen molar-refractivity contribution in [1.29, 1.82) is 0 Å². The van der Waals surface area contributed by atoms with Crippen LogP contribution in [0.5, 0.6) is 5.75 Å². The maximum Gasteiger partial charge on any atom is 0.199 e. The number of epoxide rings is 1. The lowest BCUT2D eigenvalue weighted by Crippen LogP contribution is -2.24. The van der Waals surface area contributed by atoms with E-state index in [4.69, 9.17) is 14.2 Å². The molecule has 4 rings (SSSR count). The maximum absolute atomic E-state index is 13.0. The molecule has 0 N–H and O–H groups in total. The van der Waals surface area contributed by atoms with Crippen molar-refractivity contribution in [2.75, 3.05) is 6.61 Å². The molecule has 0 aliphatic carbocycles. The first-order chi connectivity index (χ1) is 12.2. The van der Waals surface area contributed by atoms with Gasteiger partial charge < -0.3 is 14.2 Å². The lowest BCUT2D eigenvalue weighted by Gasteiger charge is -2.23. The Morgan fingerprint density at radius 3 is 2.48 bits per heavy atom. The summed E-state index contributed by atoms with van der Waals surface area (Å²) in [6.07, 6.45) is 2.06. The third-order valence-electron chi connectivity index (χ3n) is 4.49. The van der Waals surface area contributed by atoms with Gasteiger partial charge in [0.25, 0.3) is 0 Å². The molecule has 0 amide bonds. The number of Topliss-reactive ketones (excluding diaryl/α,β-unsaturated/α-hetero) is 1. The van der Waals surface area contributed by atoms with Gasteiger partial charge in [-0.25, -0.2) is 4.39 Å². The van der Waals surface area contributed by atoms with Crippen LogP contribution in [0, 0.1) is 5.82 Å². The number of ether oxygens (including phenoxy) is 3. The van der Waals surface area contributed by atoms with E-state index in [1.807, 2.05) is 0 Å². The smallest absolute Gasteiger partial charge is 0.199 e. The molecule has 4 nitrogen and oxygen atoms in total. The van der Waals surface area contributed by atoms with Gasteiger partial charge in [-0.3, -0.25) is 4.79 Å². The van der Waals surface area contributed by atoms with E-state index < -0.39 is 6.10 Å². The van der Waals surface area contributed by atoms with Gasteiger partial charge in [-0.2, -0.15) is 0 Å². The summed E-state index contributed by atoms with van der Waals surface area (Å²) in [5.74, 6) is 0.315. The molecular formula is C20H19FO4. The second kappa shape index (κ2) is 6.94.